The van der Waals surface area contributed by atoms with E-state index in [9.17, 15) is 9.90 Å². The lowest BCUT2D eigenvalue weighted by Gasteiger charge is -2.63. The van der Waals surface area contributed by atoms with Crippen LogP contribution in [0.3, 0.4) is 0 Å². The van der Waals surface area contributed by atoms with Gasteiger partial charge in [-0.25, -0.2) is 0 Å². The van der Waals surface area contributed by atoms with Crippen LogP contribution in [0.15, 0.2) is 18.2 Å². The van der Waals surface area contributed by atoms with Crippen molar-refractivity contribution in [3.05, 3.63) is 23.2 Å². The molecule has 4 saturated carbocycles. The van der Waals surface area contributed by atoms with Gasteiger partial charge in [0.25, 0.3) is 0 Å². The fourth-order valence-corrected chi connectivity index (χ4v) is 9.89. The summed E-state index contributed by atoms with van der Waals surface area (Å²) in [6.07, 6.45) is 11.5. The SMILES string of the molecule is CC[C@]12CC[C@@](C)(O)C[C@H]1CC[C@H]1[C@@H]3CC[C@H](C(=O)Cn4nc5ccc(Cl)cc5n4)[C@@]3(C)CC[C@@H]12. The molecule has 0 unspecified atom stereocenters. The van der Waals surface area contributed by atoms with Gasteiger partial charge in [-0.2, -0.15) is 15.0 Å². The molecule has 2 aromatic rings. The second-order valence-corrected chi connectivity index (χ2v) is 13.4. The number of carbonyl (C=O) groups is 1. The average molecular weight is 498 g/mol. The summed E-state index contributed by atoms with van der Waals surface area (Å²) in [5.74, 6) is 3.20. The molecule has 1 aromatic heterocycles. The molecular weight excluding hydrogens is 458 g/mol. The predicted octanol–water partition coefficient (Wildman–Crippen LogP) is 6.45. The normalized spacial score (nSPS) is 42.9. The van der Waals surface area contributed by atoms with E-state index in [1.807, 2.05) is 18.2 Å². The molecule has 0 spiro atoms. The summed E-state index contributed by atoms with van der Waals surface area (Å²) < 4.78 is 0. The second kappa shape index (κ2) is 8.28. The maximum atomic E-state index is 13.6. The number of carbonyl (C=O) groups excluding carboxylic acids is 1. The average Bonchev–Trinajstić information content (AvgIpc) is 3.37. The summed E-state index contributed by atoms with van der Waals surface area (Å²) in [7, 11) is 0. The van der Waals surface area contributed by atoms with E-state index in [4.69, 9.17) is 11.6 Å². The summed E-state index contributed by atoms with van der Waals surface area (Å²) in [6, 6.07) is 5.49. The van der Waals surface area contributed by atoms with Crippen LogP contribution in [0.1, 0.15) is 85.0 Å². The van der Waals surface area contributed by atoms with Gasteiger partial charge in [-0.15, -0.1) is 0 Å². The first-order valence-electron chi connectivity index (χ1n) is 13.9. The zero-order chi connectivity index (χ0) is 24.6. The standard InChI is InChI=1S/C29H40ClN3O2/c1-4-29-14-13-27(2,35)16-18(29)5-7-20-21-8-9-23(28(21,3)12-11-22(20)29)26(34)17-33-31-24-10-6-19(30)15-25(24)32-33/h6,10,15,18,20-23,35H,4-5,7-9,11-14,16-17H2,1-3H3/t18-,20+,21+,22+,23-,27-,28+,29+/m1/s1. The minimum atomic E-state index is -0.485. The van der Waals surface area contributed by atoms with E-state index in [1.165, 1.54) is 38.5 Å². The third-order valence-corrected chi connectivity index (χ3v) is 11.6. The highest BCUT2D eigenvalue weighted by atomic mass is 35.5. The van der Waals surface area contributed by atoms with Crippen LogP contribution in [-0.2, 0) is 11.3 Å². The molecule has 4 fully saturated rings. The molecule has 6 heteroatoms. The van der Waals surface area contributed by atoms with Crippen molar-refractivity contribution in [2.75, 3.05) is 0 Å². The molecule has 4 aliphatic carbocycles. The molecule has 0 aliphatic heterocycles. The molecule has 1 heterocycles. The summed E-state index contributed by atoms with van der Waals surface area (Å²) in [4.78, 5) is 15.2. The van der Waals surface area contributed by atoms with E-state index in [0.717, 1.165) is 48.6 Å². The van der Waals surface area contributed by atoms with Gasteiger partial charge in [-0.3, -0.25) is 4.79 Å². The number of hydrogen-bond donors (Lipinski definition) is 1. The summed E-state index contributed by atoms with van der Waals surface area (Å²) in [5, 5.41) is 20.5. The first-order chi connectivity index (χ1) is 16.6. The fourth-order valence-electron chi connectivity index (χ4n) is 9.73. The van der Waals surface area contributed by atoms with Gasteiger partial charge in [0.2, 0.25) is 0 Å². The topological polar surface area (TPSA) is 68.0 Å². The first kappa shape index (κ1) is 23.9. The highest BCUT2D eigenvalue weighted by molar-refractivity contribution is 6.31. The molecular formula is C29H40ClN3O2. The molecule has 1 aromatic carbocycles. The number of nitrogens with zero attached hydrogens (tertiary/aromatic N) is 3. The van der Waals surface area contributed by atoms with Gasteiger partial charge < -0.3 is 5.11 Å². The maximum absolute atomic E-state index is 13.6. The molecule has 0 bridgehead atoms. The zero-order valence-corrected chi connectivity index (χ0v) is 22.2. The van der Waals surface area contributed by atoms with E-state index in [0.29, 0.717) is 28.1 Å². The van der Waals surface area contributed by atoms with Gasteiger partial charge >= 0.3 is 0 Å². The number of ketones is 1. The lowest BCUT2D eigenvalue weighted by atomic mass is 9.42. The quantitative estimate of drug-likeness (QED) is 0.526. The Balaban J connectivity index is 1.22. The van der Waals surface area contributed by atoms with Gasteiger partial charge in [-0.1, -0.05) is 25.4 Å². The van der Waals surface area contributed by atoms with Crippen molar-refractivity contribution in [1.82, 2.24) is 15.0 Å². The molecule has 5 nitrogen and oxygen atoms in total. The lowest BCUT2D eigenvalue weighted by Crippen LogP contribution is -2.56. The Kier molecular flexibility index (Phi) is 5.65. The van der Waals surface area contributed by atoms with Crippen LogP contribution in [0.4, 0.5) is 0 Å². The summed E-state index contributed by atoms with van der Waals surface area (Å²) in [6.45, 7) is 7.13. The van der Waals surface area contributed by atoms with Crippen LogP contribution in [0.2, 0.25) is 5.02 Å². The Labute approximate surface area is 214 Å². The zero-order valence-electron chi connectivity index (χ0n) is 21.5. The van der Waals surface area contributed by atoms with Crippen LogP contribution in [0, 0.1) is 40.4 Å². The molecule has 4 aliphatic rings. The number of halogens is 1. The Morgan fingerprint density at radius 1 is 1.06 bits per heavy atom. The van der Waals surface area contributed by atoms with Crippen LogP contribution in [-0.4, -0.2) is 31.5 Å². The largest absolute Gasteiger partial charge is 0.390 e. The van der Waals surface area contributed by atoms with Crippen molar-refractivity contribution in [3.8, 4) is 0 Å². The van der Waals surface area contributed by atoms with Crippen molar-refractivity contribution < 1.29 is 9.90 Å². The highest BCUT2D eigenvalue weighted by Crippen LogP contribution is 2.69. The molecule has 6 rings (SSSR count). The second-order valence-electron chi connectivity index (χ2n) is 12.9. The molecule has 0 radical (unpaired) electrons. The van der Waals surface area contributed by atoms with E-state index in [1.54, 1.807) is 4.80 Å². The Hall–Kier alpha value is -1.46. The van der Waals surface area contributed by atoms with Crippen molar-refractivity contribution in [1.29, 1.82) is 0 Å². The van der Waals surface area contributed by atoms with E-state index >= 15 is 0 Å². The number of hydrogen-bond acceptors (Lipinski definition) is 4. The van der Waals surface area contributed by atoms with Crippen molar-refractivity contribution >= 4 is 28.4 Å². The first-order valence-corrected chi connectivity index (χ1v) is 14.3. The van der Waals surface area contributed by atoms with Gasteiger partial charge in [0, 0.05) is 10.9 Å². The van der Waals surface area contributed by atoms with Gasteiger partial charge in [0.1, 0.15) is 17.6 Å². The number of fused-ring (bicyclic) bond motifs is 6. The molecule has 190 valence electrons. The molecule has 0 amide bonds. The monoisotopic (exact) mass is 497 g/mol. The number of Topliss-reactive ketones (excluding diaryl/α,β-unsaturated/α-hetero) is 1. The molecule has 0 saturated heterocycles. The smallest absolute Gasteiger partial charge is 0.159 e. The molecule has 8 atom stereocenters. The number of benzene rings is 1. The summed E-state index contributed by atoms with van der Waals surface area (Å²) in [5.41, 5.74) is 1.53. The van der Waals surface area contributed by atoms with Crippen molar-refractivity contribution in [2.24, 2.45) is 40.4 Å². The van der Waals surface area contributed by atoms with Crippen LogP contribution in [0.25, 0.3) is 11.0 Å². The van der Waals surface area contributed by atoms with Gasteiger partial charge in [0.05, 0.1) is 5.60 Å². The van der Waals surface area contributed by atoms with Gasteiger partial charge in [-0.05, 0) is 124 Å². The molecule has 1 N–H and O–H groups in total. The fraction of sp³-hybridized carbons (Fsp3) is 0.759. The van der Waals surface area contributed by atoms with E-state index < -0.39 is 5.60 Å². The maximum Gasteiger partial charge on any atom is 0.159 e. The van der Waals surface area contributed by atoms with Crippen LogP contribution >= 0.6 is 11.6 Å². The predicted molar refractivity (Wildman–Crippen MR) is 138 cm³/mol. The summed E-state index contributed by atoms with van der Waals surface area (Å²) >= 11 is 6.11. The third-order valence-electron chi connectivity index (χ3n) is 11.4. The third kappa shape index (κ3) is 3.70. The Morgan fingerprint density at radius 2 is 1.86 bits per heavy atom. The number of aliphatic hydroxyl groups is 1. The van der Waals surface area contributed by atoms with E-state index in [-0.39, 0.29) is 17.9 Å². The van der Waals surface area contributed by atoms with Crippen LogP contribution < -0.4 is 0 Å². The Bertz CT molecular complexity index is 1140. The highest BCUT2D eigenvalue weighted by Gasteiger charge is 2.62. The minimum Gasteiger partial charge on any atom is -0.390 e. The van der Waals surface area contributed by atoms with Gasteiger partial charge in [0.15, 0.2) is 5.78 Å². The molecule has 35 heavy (non-hydrogen) atoms. The van der Waals surface area contributed by atoms with E-state index in [2.05, 4.69) is 31.0 Å². The van der Waals surface area contributed by atoms with Crippen molar-refractivity contribution in [3.63, 3.8) is 0 Å². The lowest BCUT2D eigenvalue weighted by molar-refractivity contribution is -0.158. The minimum absolute atomic E-state index is 0.0933. The van der Waals surface area contributed by atoms with Crippen molar-refractivity contribution in [2.45, 2.75) is 97.1 Å². The number of aromatic nitrogens is 3. The number of rotatable bonds is 4. The van der Waals surface area contributed by atoms with Crippen LogP contribution in [0.5, 0.6) is 0 Å². The Morgan fingerprint density at radius 3 is 2.66 bits per heavy atom.